The van der Waals surface area contributed by atoms with Gasteiger partial charge in [0.2, 0.25) is 0 Å². The molecular formula is C20H20FN3O5S. The van der Waals surface area contributed by atoms with Gasteiger partial charge in [-0.3, -0.25) is 19.1 Å². The molecule has 158 valence electrons. The molecule has 0 N–H and O–H groups in total. The van der Waals surface area contributed by atoms with E-state index in [0.717, 1.165) is 26.4 Å². The summed E-state index contributed by atoms with van der Waals surface area (Å²) in [6.07, 6.45) is 0. The number of rotatable bonds is 7. The average Bonchev–Trinajstić information content (AvgIpc) is 3.29. The predicted octanol–water partition coefficient (Wildman–Crippen LogP) is 2.38. The lowest BCUT2D eigenvalue weighted by atomic mass is 10.2. The monoisotopic (exact) mass is 433 g/mol. The van der Waals surface area contributed by atoms with E-state index in [9.17, 15) is 18.8 Å². The molecule has 0 aliphatic heterocycles. The molecule has 0 bridgehead atoms. The second-order valence-corrected chi connectivity index (χ2v) is 7.54. The maximum atomic E-state index is 13.2. The van der Waals surface area contributed by atoms with Crippen molar-refractivity contribution in [3.8, 4) is 0 Å². The minimum absolute atomic E-state index is 0.319. The Balaban J connectivity index is 1.90. The Morgan fingerprint density at radius 3 is 2.27 bits per heavy atom. The number of methoxy groups -OCH3 is 2. The van der Waals surface area contributed by atoms with Crippen LogP contribution in [0.1, 0.15) is 20.9 Å². The van der Waals surface area contributed by atoms with E-state index in [1.54, 1.807) is 22.9 Å². The van der Waals surface area contributed by atoms with E-state index in [1.165, 1.54) is 37.7 Å². The third kappa shape index (κ3) is 4.65. The van der Waals surface area contributed by atoms with Gasteiger partial charge in [-0.05, 0) is 30.7 Å². The third-order valence-corrected chi connectivity index (χ3v) is 5.58. The molecule has 0 atom stereocenters. The summed E-state index contributed by atoms with van der Waals surface area (Å²) in [5, 5.41) is 5.29. The first-order valence-electron chi connectivity index (χ1n) is 8.96. The summed E-state index contributed by atoms with van der Waals surface area (Å²) < 4.78 is 24.1. The van der Waals surface area contributed by atoms with E-state index in [1.807, 2.05) is 6.92 Å². The van der Waals surface area contributed by atoms with Gasteiger partial charge in [0.15, 0.2) is 0 Å². The molecule has 3 aromatic rings. The normalized spacial score (nSPS) is 10.8. The van der Waals surface area contributed by atoms with Crippen LogP contribution in [0.3, 0.4) is 0 Å². The Labute approximate surface area is 175 Å². The van der Waals surface area contributed by atoms with Crippen molar-refractivity contribution in [1.29, 1.82) is 0 Å². The molecule has 1 aromatic carbocycles. The fourth-order valence-corrected chi connectivity index (χ4v) is 4.01. The lowest BCUT2D eigenvalue weighted by Gasteiger charge is -2.19. The SMILES string of the molecule is COC(=O)CN(CC(=O)OC)C(=O)c1cc2c(C)nn(Cc3ccc(F)cc3)c2s1. The van der Waals surface area contributed by atoms with Crippen LogP contribution in [0.25, 0.3) is 10.2 Å². The molecule has 1 amide bonds. The fraction of sp³-hybridized carbons (Fsp3) is 0.300. The van der Waals surface area contributed by atoms with Crippen LogP contribution in [0.2, 0.25) is 0 Å². The number of carbonyl (C=O) groups excluding carboxylic acids is 3. The number of hydrogen-bond acceptors (Lipinski definition) is 7. The van der Waals surface area contributed by atoms with Gasteiger partial charge in [-0.25, -0.2) is 4.39 Å². The quantitative estimate of drug-likeness (QED) is 0.532. The highest BCUT2D eigenvalue weighted by Crippen LogP contribution is 2.29. The smallest absolute Gasteiger partial charge is 0.325 e. The number of hydrogen-bond donors (Lipinski definition) is 0. The summed E-state index contributed by atoms with van der Waals surface area (Å²) in [5.41, 5.74) is 1.59. The maximum Gasteiger partial charge on any atom is 0.325 e. The van der Waals surface area contributed by atoms with Crippen molar-refractivity contribution in [1.82, 2.24) is 14.7 Å². The molecule has 0 unspecified atom stereocenters. The van der Waals surface area contributed by atoms with Crippen molar-refractivity contribution in [2.24, 2.45) is 0 Å². The number of thiophene rings is 1. The van der Waals surface area contributed by atoms with Crippen molar-refractivity contribution >= 4 is 39.4 Å². The molecule has 2 aromatic heterocycles. The third-order valence-electron chi connectivity index (χ3n) is 4.45. The zero-order chi connectivity index (χ0) is 21.8. The van der Waals surface area contributed by atoms with Crippen LogP contribution in [0, 0.1) is 12.7 Å². The highest BCUT2D eigenvalue weighted by atomic mass is 32.1. The van der Waals surface area contributed by atoms with Gasteiger partial charge >= 0.3 is 11.9 Å². The Kier molecular flexibility index (Phi) is 6.46. The van der Waals surface area contributed by atoms with Crippen LogP contribution in [0.15, 0.2) is 30.3 Å². The van der Waals surface area contributed by atoms with Crippen LogP contribution in [0.5, 0.6) is 0 Å². The first kappa shape index (κ1) is 21.4. The lowest BCUT2D eigenvalue weighted by Crippen LogP contribution is -2.39. The number of fused-ring (bicyclic) bond motifs is 1. The van der Waals surface area contributed by atoms with E-state index in [4.69, 9.17) is 0 Å². The number of nitrogens with zero attached hydrogens (tertiary/aromatic N) is 3. The molecule has 0 saturated carbocycles. The zero-order valence-electron chi connectivity index (χ0n) is 16.7. The molecule has 3 rings (SSSR count). The lowest BCUT2D eigenvalue weighted by molar-refractivity contribution is -0.144. The minimum atomic E-state index is -0.646. The topological polar surface area (TPSA) is 90.7 Å². The Hall–Kier alpha value is -3.27. The first-order valence-corrected chi connectivity index (χ1v) is 9.78. The average molecular weight is 433 g/mol. The van der Waals surface area contributed by atoms with Crippen molar-refractivity contribution < 1.29 is 28.2 Å². The number of benzene rings is 1. The highest BCUT2D eigenvalue weighted by molar-refractivity contribution is 7.20. The van der Waals surface area contributed by atoms with Gasteiger partial charge in [-0.1, -0.05) is 12.1 Å². The molecule has 2 heterocycles. The summed E-state index contributed by atoms with van der Waals surface area (Å²) in [5.74, 6) is -2.10. The van der Waals surface area contributed by atoms with Crippen LogP contribution in [-0.4, -0.2) is 59.8 Å². The van der Waals surface area contributed by atoms with Crippen molar-refractivity contribution in [3.05, 3.63) is 52.3 Å². The zero-order valence-corrected chi connectivity index (χ0v) is 17.5. The van der Waals surface area contributed by atoms with E-state index in [-0.39, 0.29) is 18.9 Å². The van der Waals surface area contributed by atoms with Crippen LogP contribution in [-0.2, 0) is 25.6 Å². The Morgan fingerprint density at radius 1 is 1.10 bits per heavy atom. The van der Waals surface area contributed by atoms with Gasteiger partial charge in [0, 0.05) is 5.39 Å². The van der Waals surface area contributed by atoms with Gasteiger partial charge in [-0.15, -0.1) is 11.3 Å². The molecule has 0 fully saturated rings. The number of halogens is 1. The number of aryl methyl sites for hydroxylation is 1. The minimum Gasteiger partial charge on any atom is -0.468 e. The van der Waals surface area contributed by atoms with Gasteiger partial charge in [0.1, 0.15) is 23.7 Å². The Bertz CT molecular complexity index is 1070. The highest BCUT2D eigenvalue weighted by Gasteiger charge is 2.25. The van der Waals surface area contributed by atoms with Gasteiger partial charge in [0.25, 0.3) is 5.91 Å². The fourth-order valence-electron chi connectivity index (χ4n) is 2.88. The summed E-state index contributed by atoms with van der Waals surface area (Å²) in [6, 6.07) is 7.79. The standard InChI is InChI=1S/C20H20FN3O5S/c1-12-15-8-16(19(27)23(10-17(25)28-2)11-18(26)29-3)30-20(15)24(22-12)9-13-4-6-14(21)7-5-13/h4-8H,9-11H2,1-3H3. The van der Waals surface area contributed by atoms with Crippen molar-refractivity contribution in [2.75, 3.05) is 27.3 Å². The maximum absolute atomic E-state index is 13.2. The predicted molar refractivity (Wildman–Crippen MR) is 108 cm³/mol. The molecule has 0 saturated heterocycles. The summed E-state index contributed by atoms with van der Waals surface area (Å²) >= 11 is 1.20. The number of amides is 1. The largest absolute Gasteiger partial charge is 0.468 e. The molecular weight excluding hydrogens is 413 g/mol. The number of carbonyl (C=O) groups is 3. The molecule has 30 heavy (non-hydrogen) atoms. The summed E-state index contributed by atoms with van der Waals surface area (Å²) in [4.78, 5) is 38.5. The van der Waals surface area contributed by atoms with Crippen LogP contribution >= 0.6 is 11.3 Å². The molecule has 10 heteroatoms. The first-order chi connectivity index (χ1) is 14.3. The summed E-state index contributed by atoms with van der Waals surface area (Å²) in [6.45, 7) is 1.48. The molecule has 8 nitrogen and oxygen atoms in total. The molecule has 0 aliphatic carbocycles. The van der Waals surface area contributed by atoms with Gasteiger partial charge < -0.3 is 14.4 Å². The van der Waals surface area contributed by atoms with Crippen molar-refractivity contribution in [2.45, 2.75) is 13.5 Å². The van der Waals surface area contributed by atoms with Gasteiger partial charge in [-0.2, -0.15) is 5.10 Å². The molecule has 0 spiro atoms. The van der Waals surface area contributed by atoms with E-state index >= 15 is 0 Å². The second-order valence-electron chi connectivity index (χ2n) is 6.51. The van der Waals surface area contributed by atoms with Gasteiger partial charge in [0.05, 0.1) is 31.3 Å². The van der Waals surface area contributed by atoms with Crippen LogP contribution < -0.4 is 0 Å². The summed E-state index contributed by atoms with van der Waals surface area (Å²) in [7, 11) is 2.41. The number of ether oxygens (including phenoxy) is 2. The van der Waals surface area contributed by atoms with E-state index < -0.39 is 17.8 Å². The second kappa shape index (κ2) is 9.04. The molecule has 0 radical (unpaired) electrons. The van der Waals surface area contributed by atoms with Crippen LogP contribution in [0.4, 0.5) is 4.39 Å². The van der Waals surface area contributed by atoms with E-state index in [2.05, 4.69) is 14.6 Å². The van der Waals surface area contributed by atoms with E-state index in [0.29, 0.717) is 11.4 Å². The number of esters is 2. The number of aromatic nitrogens is 2. The van der Waals surface area contributed by atoms with Crippen molar-refractivity contribution in [3.63, 3.8) is 0 Å². The Morgan fingerprint density at radius 2 is 1.70 bits per heavy atom. The molecule has 0 aliphatic rings.